The van der Waals surface area contributed by atoms with Crippen molar-refractivity contribution in [1.82, 2.24) is 0 Å². The average molecular weight is 446 g/mol. The number of nitro groups is 1. The Hall–Kier alpha value is -2.04. The Morgan fingerprint density at radius 3 is 2.81 bits per heavy atom. The Kier molecular flexibility index (Phi) is 5.50. The van der Waals surface area contributed by atoms with E-state index in [0.29, 0.717) is 26.5 Å². The van der Waals surface area contributed by atoms with E-state index < -0.39 is 4.92 Å². The number of rotatable bonds is 3. The Morgan fingerprint density at radius 2 is 2.19 bits per heavy atom. The molecule has 0 aliphatic heterocycles. The largest absolute Gasteiger partial charge is 0.284 e. The monoisotopic (exact) mass is 445 g/mol. The summed E-state index contributed by atoms with van der Waals surface area (Å²) in [6.45, 7) is 6.79. The van der Waals surface area contributed by atoms with Gasteiger partial charge in [-0.15, -0.1) is 11.3 Å². The van der Waals surface area contributed by atoms with E-state index in [1.807, 2.05) is 0 Å². The van der Waals surface area contributed by atoms with E-state index in [1.54, 1.807) is 29.7 Å². The molecule has 1 aromatic heterocycles. The van der Waals surface area contributed by atoms with Crippen LogP contribution in [0.1, 0.15) is 48.8 Å². The first-order valence-corrected chi connectivity index (χ1v) is 10.3. The highest BCUT2D eigenvalue weighted by Gasteiger charge is 2.32. The first kappa shape index (κ1) is 19.7. The normalized spacial score (nSPS) is 16.9. The zero-order valence-corrected chi connectivity index (χ0v) is 17.9. The van der Waals surface area contributed by atoms with E-state index in [-0.39, 0.29) is 11.1 Å². The lowest BCUT2D eigenvalue weighted by molar-refractivity contribution is -0.385. The number of nitriles is 1. The number of thiophene rings is 1. The molecule has 27 heavy (non-hydrogen) atoms. The van der Waals surface area contributed by atoms with Crippen LogP contribution in [0, 0.1) is 32.8 Å². The van der Waals surface area contributed by atoms with Crippen LogP contribution >= 0.6 is 27.3 Å². The van der Waals surface area contributed by atoms with E-state index in [9.17, 15) is 15.4 Å². The quantitative estimate of drug-likeness (QED) is 0.320. The van der Waals surface area contributed by atoms with Crippen LogP contribution in [0.4, 0.5) is 10.7 Å². The van der Waals surface area contributed by atoms with Crippen molar-refractivity contribution in [2.45, 2.75) is 40.0 Å². The molecule has 1 aromatic carbocycles. The van der Waals surface area contributed by atoms with Crippen molar-refractivity contribution in [1.29, 1.82) is 5.26 Å². The molecular weight excluding hydrogens is 426 g/mol. The Morgan fingerprint density at radius 1 is 1.44 bits per heavy atom. The van der Waals surface area contributed by atoms with Crippen molar-refractivity contribution in [3.05, 3.63) is 54.4 Å². The van der Waals surface area contributed by atoms with Crippen LogP contribution < -0.4 is 0 Å². The molecule has 0 radical (unpaired) electrons. The molecule has 1 aliphatic rings. The van der Waals surface area contributed by atoms with Crippen LogP contribution in [0.5, 0.6) is 0 Å². The van der Waals surface area contributed by atoms with Crippen LogP contribution in [0.2, 0.25) is 0 Å². The van der Waals surface area contributed by atoms with E-state index in [2.05, 4.69) is 47.8 Å². The summed E-state index contributed by atoms with van der Waals surface area (Å²) in [5, 5.41) is 21.4. The van der Waals surface area contributed by atoms with Crippen molar-refractivity contribution in [2.75, 3.05) is 0 Å². The van der Waals surface area contributed by atoms with Gasteiger partial charge in [-0.25, -0.2) is 4.99 Å². The average Bonchev–Trinajstić information content (AvgIpc) is 2.96. The smallest absolute Gasteiger partial charge is 0.258 e. The number of halogens is 1. The van der Waals surface area contributed by atoms with Crippen molar-refractivity contribution >= 4 is 44.2 Å². The Bertz CT molecular complexity index is 967. The lowest BCUT2D eigenvalue weighted by Crippen LogP contribution is -2.26. The topological polar surface area (TPSA) is 79.3 Å². The molecule has 0 saturated heterocycles. The van der Waals surface area contributed by atoms with Gasteiger partial charge in [-0.1, -0.05) is 26.8 Å². The standard InChI is InChI=1S/C20H20BrN3O2S/c1-20(2,3)13-5-6-14-15(10-22)19(27-18(14)9-13)23-11-12-4-7-16(21)17(8-12)24(25)26/h4,7-8,11,13H,5-6,9H2,1-3H3/t13-/m0/s1. The van der Waals surface area contributed by atoms with Crippen LogP contribution in [0.15, 0.2) is 27.7 Å². The molecule has 0 spiro atoms. The maximum Gasteiger partial charge on any atom is 0.284 e. The first-order chi connectivity index (χ1) is 12.7. The molecule has 0 amide bonds. The number of hydrogen-bond acceptors (Lipinski definition) is 5. The van der Waals surface area contributed by atoms with Crippen LogP contribution in [-0.4, -0.2) is 11.1 Å². The van der Waals surface area contributed by atoms with Gasteiger partial charge in [0.2, 0.25) is 0 Å². The van der Waals surface area contributed by atoms with E-state index in [4.69, 9.17) is 0 Å². The maximum atomic E-state index is 11.1. The summed E-state index contributed by atoms with van der Waals surface area (Å²) < 4.78 is 0.433. The zero-order chi connectivity index (χ0) is 19.8. The third-order valence-electron chi connectivity index (χ3n) is 5.08. The lowest BCUT2D eigenvalue weighted by atomic mass is 9.72. The second-order valence-corrected chi connectivity index (χ2v) is 9.77. The van der Waals surface area contributed by atoms with Gasteiger partial charge in [-0.2, -0.15) is 5.26 Å². The maximum absolute atomic E-state index is 11.1. The fourth-order valence-corrected chi connectivity index (χ4v) is 5.01. The summed E-state index contributed by atoms with van der Waals surface area (Å²) in [4.78, 5) is 16.4. The number of nitro benzene ring substituents is 1. The van der Waals surface area contributed by atoms with Gasteiger partial charge in [0.1, 0.15) is 11.1 Å². The second-order valence-electron chi connectivity index (χ2n) is 7.83. The number of benzene rings is 1. The molecule has 1 atom stereocenters. The summed E-state index contributed by atoms with van der Waals surface area (Å²) in [7, 11) is 0. The summed E-state index contributed by atoms with van der Waals surface area (Å²) in [6.07, 6.45) is 4.58. The molecule has 0 bridgehead atoms. The van der Waals surface area contributed by atoms with Crippen molar-refractivity contribution in [3.63, 3.8) is 0 Å². The molecular formula is C20H20BrN3O2S. The van der Waals surface area contributed by atoms with Crippen molar-refractivity contribution in [3.8, 4) is 6.07 Å². The van der Waals surface area contributed by atoms with Gasteiger partial charge in [0.15, 0.2) is 0 Å². The van der Waals surface area contributed by atoms with Crippen LogP contribution in [0.3, 0.4) is 0 Å². The summed E-state index contributed by atoms with van der Waals surface area (Å²) in [5.41, 5.74) is 2.67. The SMILES string of the molecule is CC(C)(C)[C@H]1CCc2c(sc(N=Cc3ccc(Br)c([N+](=O)[O-])c3)c2C#N)C1. The molecule has 0 unspecified atom stereocenters. The minimum atomic E-state index is -0.432. The van der Waals surface area contributed by atoms with E-state index >= 15 is 0 Å². The van der Waals surface area contributed by atoms with Gasteiger partial charge >= 0.3 is 0 Å². The van der Waals surface area contributed by atoms with Crippen LogP contribution in [0.25, 0.3) is 0 Å². The Balaban J connectivity index is 1.92. The molecule has 2 aromatic rings. The predicted octanol–water partition coefficient (Wildman–Crippen LogP) is 6.19. The van der Waals surface area contributed by atoms with Gasteiger partial charge in [0.25, 0.3) is 5.69 Å². The molecule has 1 heterocycles. The third-order valence-corrected chi connectivity index (χ3v) is 6.91. The Labute approximate surface area is 171 Å². The second kappa shape index (κ2) is 7.53. The van der Waals surface area contributed by atoms with Gasteiger partial charge in [0, 0.05) is 17.2 Å². The molecule has 1 aliphatic carbocycles. The van der Waals surface area contributed by atoms with E-state index in [0.717, 1.165) is 24.8 Å². The molecule has 0 fully saturated rings. The van der Waals surface area contributed by atoms with Gasteiger partial charge < -0.3 is 0 Å². The summed E-state index contributed by atoms with van der Waals surface area (Å²) >= 11 is 4.76. The first-order valence-electron chi connectivity index (χ1n) is 8.73. The fraction of sp³-hybridized carbons (Fsp3) is 0.400. The van der Waals surface area contributed by atoms with Gasteiger partial charge in [-0.05, 0) is 63.7 Å². The number of hydrogen-bond donors (Lipinski definition) is 0. The fourth-order valence-electron chi connectivity index (χ4n) is 3.40. The molecule has 0 N–H and O–H groups in total. The third kappa shape index (κ3) is 4.12. The predicted molar refractivity (Wildman–Crippen MR) is 112 cm³/mol. The number of fused-ring (bicyclic) bond motifs is 1. The summed E-state index contributed by atoms with van der Waals surface area (Å²) in [6, 6.07) is 7.18. The molecule has 5 nitrogen and oxygen atoms in total. The van der Waals surface area contributed by atoms with Crippen molar-refractivity contribution in [2.24, 2.45) is 16.3 Å². The number of nitrogens with zero attached hydrogens (tertiary/aromatic N) is 3. The molecule has 0 saturated carbocycles. The highest BCUT2D eigenvalue weighted by atomic mass is 79.9. The highest BCUT2D eigenvalue weighted by Crippen LogP contribution is 2.44. The molecule has 140 valence electrons. The highest BCUT2D eigenvalue weighted by molar-refractivity contribution is 9.10. The van der Waals surface area contributed by atoms with Crippen LogP contribution in [-0.2, 0) is 12.8 Å². The van der Waals surface area contributed by atoms with Gasteiger partial charge in [-0.3, -0.25) is 10.1 Å². The van der Waals surface area contributed by atoms with Gasteiger partial charge in [0.05, 0.1) is 15.0 Å². The molecule has 7 heteroatoms. The summed E-state index contributed by atoms with van der Waals surface area (Å²) in [5.74, 6) is 0.598. The minimum Gasteiger partial charge on any atom is -0.258 e. The molecule has 3 rings (SSSR count). The van der Waals surface area contributed by atoms with E-state index in [1.165, 1.54) is 10.9 Å². The lowest BCUT2D eigenvalue weighted by Gasteiger charge is -2.33. The van der Waals surface area contributed by atoms with Crippen molar-refractivity contribution < 1.29 is 4.92 Å². The minimum absolute atomic E-state index is 0.00190. The number of aliphatic imine (C=N–C) groups is 1. The zero-order valence-electron chi connectivity index (χ0n) is 15.5.